The summed E-state index contributed by atoms with van der Waals surface area (Å²) >= 11 is 0. The molecule has 4 nitrogen and oxygen atoms in total. The van der Waals surface area contributed by atoms with Crippen LogP contribution < -0.4 is 0 Å². The Bertz CT molecular complexity index is 595. The minimum Gasteiger partial charge on any atom is -0.381 e. The summed E-state index contributed by atoms with van der Waals surface area (Å²) in [5, 5.41) is 0. The summed E-state index contributed by atoms with van der Waals surface area (Å²) in [6.45, 7) is 6.84. The molecule has 1 aromatic carbocycles. The van der Waals surface area contributed by atoms with Gasteiger partial charge >= 0.3 is 0 Å². The van der Waals surface area contributed by atoms with E-state index in [2.05, 4.69) is 4.90 Å². The monoisotopic (exact) mass is 338 g/mol. The average Bonchev–Trinajstić information content (AvgIpc) is 2.59. The summed E-state index contributed by atoms with van der Waals surface area (Å²) in [6.07, 6.45) is 2.18. The first-order chi connectivity index (χ1) is 11.5. The fraction of sp³-hybridized carbons (Fsp3) is 0.611. The van der Waals surface area contributed by atoms with Crippen molar-refractivity contribution in [2.24, 2.45) is 5.92 Å². The molecule has 3 rings (SSSR count). The lowest BCUT2D eigenvalue weighted by Gasteiger charge is -2.37. The average molecular weight is 338 g/mol. The van der Waals surface area contributed by atoms with Crippen LogP contribution in [0.25, 0.3) is 0 Å². The number of halogens is 2. The van der Waals surface area contributed by atoms with Crippen molar-refractivity contribution >= 4 is 5.91 Å². The molecule has 2 aliphatic rings. The van der Waals surface area contributed by atoms with Gasteiger partial charge < -0.3 is 9.64 Å². The quantitative estimate of drug-likeness (QED) is 0.849. The topological polar surface area (TPSA) is 32.8 Å². The molecule has 6 heteroatoms. The number of nitrogens with zero attached hydrogens (tertiary/aromatic N) is 2. The van der Waals surface area contributed by atoms with E-state index >= 15 is 0 Å². The van der Waals surface area contributed by atoms with Crippen LogP contribution in [0.5, 0.6) is 0 Å². The summed E-state index contributed by atoms with van der Waals surface area (Å²) in [6, 6.07) is 2.10. The van der Waals surface area contributed by atoms with Gasteiger partial charge in [0.15, 0.2) is 0 Å². The van der Waals surface area contributed by atoms with Gasteiger partial charge in [-0.2, -0.15) is 0 Å². The molecule has 2 saturated heterocycles. The molecule has 0 aliphatic carbocycles. The van der Waals surface area contributed by atoms with Gasteiger partial charge in [-0.05, 0) is 43.4 Å². The van der Waals surface area contributed by atoms with Crippen molar-refractivity contribution in [3.8, 4) is 0 Å². The molecule has 132 valence electrons. The minimum atomic E-state index is -0.650. The molecule has 0 bridgehead atoms. The maximum atomic E-state index is 14.0. The maximum absolute atomic E-state index is 14.0. The third kappa shape index (κ3) is 3.92. The van der Waals surface area contributed by atoms with Gasteiger partial charge in [-0.3, -0.25) is 9.69 Å². The summed E-state index contributed by atoms with van der Waals surface area (Å²) < 4.78 is 33.0. The predicted molar refractivity (Wildman–Crippen MR) is 87.0 cm³/mol. The molecule has 1 amide bonds. The fourth-order valence-corrected chi connectivity index (χ4v) is 3.41. The van der Waals surface area contributed by atoms with Crippen molar-refractivity contribution < 1.29 is 18.3 Å². The van der Waals surface area contributed by atoms with E-state index in [9.17, 15) is 13.6 Å². The Morgan fingerprint density at radius 3 is 2.46 bits per heavy atom. The SMILES string of the molecule is Cc1cc(F)c(C(=O)N2CCN(CC3CCOCC3)CC2)cc1F. The Hall–Kier alpha value is -1.53. The third-order valence-corrected chi connectivity index (χ3v) is 5.00. The molecule has 1 aromatic rings. The number of rotatable bonds is 3. The first-order valence-corrected chi connectivity index (χ1v) is 8.59. The standard InChI is InChI=1S/C18H24F2N2O2/c1-13-10-17(20)15(11-16(13)19)18(23)22-6-4-21(5-7-22)12-14-2-8-24-9-3-14/h10-11,14H,2-9,12H2,1H3. The second-order valence-corrected chi connectivity index (χ2v) is 6.73. The van der Waals surface area contributed by atoms with E-state index in [1.807, 2.05) is 0 Å². The second kappa shape index (κ2) is 7.57. The number of piperazine rings is 1. The van der Waals surface area contributed by atoms with Crippen LogP contribution in [0.3, 0.4) is 0 Å². The number of amides is 1. The van der Waals surface area contributed by atoms with E-state index in [-0.39, 0.29) is 11.1 Å². The second-order valence-electron chi connectivity index (χ2n) is 6.73. The highest BCUT2D eigenvalue weighted by atomic mass is 19.1. The largest absolute Gasteiger partial charge is 0.381 e. The van der Waals surface area contributed by atoms with Crippen molar-refractivity contribution in [1.82, 2.24) is 9.80 Å². The van der Waals surface area contributed by atoms with E-state index in [0.29, 0.717) is 19.0 Å². The molecular weight excluding hydrogens is 314 g/mol. The van der Waals surface area contributed by atoms with Gasteiger partial charge in [0.2, 0.25) is 0 Å². The third-order valence-electron chi connectivity index (χ3n) is 5.00. The van der Waals surface area contributed by atoms with Crippen molar-refractivity contribution in [3.05, 3.63) is 34.9 Å². The number of aryl methyl sites for hydroxylation is 1. The van der Waals surface area contributed by atoms with Crippen LogP contribution in [0, 0.1) is 24.5 Å². The Morgan fingerprint density at radius 1 is 1.12 bits per heavy atom. The van der Waals surface area contributed by atoms with Crippen molar-refractivity contribution in [2.45, 2.75) is 19.8 Å². The Morgan fingerprint density at radius 2 is 1.79 bits per heavy atom. The highest BCUT2D eigenvalue weighted by Gasteiger charge is 2.26. The predicted octanol–water partition coefficient (Wildman–Crippen LogP) is 2.46. The molecule has 0 aromatic heterocycles. The van der Waals surface area contributed by atoms with Crippen LogP contribution in [0.2, 0.25) is 0 Å². The zero-order chi connectivity index (χ0) is 17.1. The highest BCUT2D eigenvalue weighted by Crippen LogP contribution is 2.19. The molecule has 2 heterocycles. The van der Waals surface area contributed by atoms with Crippen molar-refractivity contribution in [2.75, 3.05) is 45.9 Å². The lowest BCUT2D eigenvalue weighted by atomic mass is 9.99. The number of carbonyl (C=O) groups is 1. The molecule has 0 saturated carbocycles. The van der Waals surface area contributed by atoms with E-state index < -0.39 is 17.5 Å². The molecule has 24 heavy (non-hydrogen) atoms. The van der Waals surface area contributed by atoms with Gasteiger partial charge in [0.1, 0.15) is 11.6 Å². The smallest absolute Gasteiger partial charge is 0.257 e. The van der Waals surface area contributed by atoms with E-state index in [4.69, 9.17) is 4.74 Å². The molecule has 0 N–H and O–H groups in total. The van der Waals surface area contributed by atoms with Gasteiger partial charge in [-0.25, -0.2) is 8.78 Å². The number of hydrogen-bond acceptors (Lipinski definition) is 3. The zero-order valence-electron chi connectivity index (χ0n) is 14.1. The molecule has 0 unspecified atom stereocenters. The molecule has 2 aliphatic heterocycles. The molecule has 0 atom stereocenters. The lowest BCUT2D eigenvalue weighted by Crippen LogP contribution is -2.50. The van der Waals surface area contributed by atoms with E-state index in [1.54, 1.807) is 4.90 Å². The number of ether oxygens (including phenoxy) is 1. The lowest BCUT2D eigenvalue weighted by molar-refractivity contribution is 0.0392. The summed E-state index contributed by atoms with van der Waals surface area (Å²) in [5.41, 5.74) is 0.0429. The van der Waals surface area contributed by atoms with Crippen LogP contribution >= 0.6 is 0 Å². The van der Waals surface area contributed by atoms with Gasteiger partial charge in [0.05, 0.1) is 5.56 Å². The Kier molecular flexibility index (Phi) is 5.46. The first kappa shape index (κ1) is 17.3. The Balaban J connectivity index is 1.56. The molecular formula is C18H24F2N2O2. The van der Waals surface area contributed by atoms with Crippen LogP contribution in [0.1, 0.15) is 28.8 Å². The maximum Gasteiger partial charge on any atom is 0.257 e. The fourth-order valence-electron chi connectivity index (χ4n) is 3.41. The summed E-state index contributed by atoms with van der Waals surface area (Å²) in [5.74, 6) is -0.955. The zero-order valence-corrected chi connectivity index (χ0v) is 14.1. The van der Waals surface area contributed by atoms with Gasteiger partial charge in [-0.15, -0.1) is 0 Å². The first-order valence-electron chi connectivity index (χ1n) is 8.59. The van der Waals surface area contributed by atoms with Crippen LogP contribution in [-0.4, -0.2) is 61.6 Å². The normalized spacial score (nSPS) is 20.4. The molecule has 2 fully saturated rings. The Labute approximate surface area is 141 Å². The molecule has 0 spiro atoms. The summed E-state index contributed by atoms with van der Waals surface area (Å²) in [7, 11) is 0. The van der Waals surface area contributed by atoms with Gasteiger partial charge in [0, 0.05) is 45.9 Å². The van der Waals surface area contributed by atoms with Gasteiger partial charge in [-0.1, -0.05) is 0 Å². The van der Waals surface area contributed by atoms with Crippen LogP contribution in [0.4, 0.5) is 8.78 Å². The molecule has 0 radical (unpaired) electrons. The number of hydrogen-bond donors (Lipinski definition) is 0. The summed E-state index contributed by atoms with van der Waals surface area (Å²) in [4.78, 5) is 16.4. The van der Waals surface area contributed by atoms with Crippen molar-refractivity contribution in [3.63, 3.8) is 0 Å². The van der Waals surface area contributed by atoms with Crippen LogP contribution in [-0.2, 0) is 4.74 Å². The number of carbonyl (C=O) groups excluding carboxylic acids is 1. The highest BCUT2D eigenvalue weighted by molar-refractivity contribution is 5.94. The van der Waals surface area contributed by atoms with Crippen LogP contribution in [0.15, 0.2) is 12.1 Å². The van der Waals surface area contributed by atoms with Gasteiger partial charge in [0.25, 0.3) is 5.91 Å². The van der Waals surface area contributed by atoms with E-state index in [1.165, 1.54) is 6.92 Å². The minimum absolute atomic E-state index is 0.170. The number of benzene rings is 1. The van der Waals surface area contributed by atoms with E-state index in [0.717, 1.165) is 57.8 Å². The van der Waals surface area contributed by atoms with Crippen molar-refractivity contribution in [1.29, 1.82) is 0 Å².